The molecule has 0 heterocycles. The van der Waals surface area contributed by atoms with Crippen LogP contribution < -0.4 is 5.32 Å². The number of carboxylic acid groups (broad SMARTS) is 1. The molecule has 0 saturated carbocycles. The molecule has 0 fully saturated rings. The van der Waals surface area contributed by atoms with E-state index >= 15 is 0 Å². The topological polar surface area (TPSA) is 130 Å². The first kappa shape index (κ1) is 15.3. The fourth-order valence-electron chi connectivity index (χ4n) is 1.26. The number of hydrogen-bond donors (Lipinski definition) is 3. The molecule has 0 bridgehead atoms. The van der Waals surface area contributed by atoms with Crippen LogP contribution in [0.1, 0.15) is 5.56 Å². The van der Waals surface area contributed by atoms with Crippen molar-refractivity contribution in [3.8, 4) is 0 Å². The first-order valence-electron chi connectivity index (χ1n) is 5.51. The lowest BCUT2D eigenvalue weighted by Gasteiger charge is -2.05. The van der Waals surface area contributed by atoms with E-state index in [1.807, 2.05) is 0 Å². The van der Waals surface area contributed by atoms with E-state index in [-0.39, 0.29) is 5.69 Å². The zero-order chi connectivity index (χ0) is 15.1. The Morgan fingerprint density at radius 2 is 2.15 bits per heavy atom. The highest BCUT2D eigenvalue weighted by Crippen LogP contribution is 2.13. The number of carboxylic acids is 1. The van der Waals surface area contributed by atoms with Crippen molar-refractivity contribution in [3.05, 3.63) is 46.0 Å². The van der Waals surface area contributed by atoms with Crippen molar-refractivity contribution < 1.29 is 24.7 Å². The minimum absolute atomic E-state index is 0.103. The summed E-state index contributed by atoms with van der Waals surface area (Å²) in [5, 5.41) is 30.1. The van der Waals surface area contributed by atoms with Gasteiger partial charge in [-0.15, -0.1) is 0 Å². The maximum absolute atomic E-state index is 11.3. The second-order valence-electron chi connectivity index (χ2n) is 3.78. The molecule has 1 aromatic rings. The fraction of sp³-hybridized carbons (Fsp3) is 0.167. The predicted molar refractivity (Wildman–Crippen MR) is 68.8 cm³/mol. The molecule has 0 saturated heterocycles. The molecule has 0 aliphatic rings. The Morgan fingerprint density at radius 1 is 1.45 bits per heavy atom. The SMILES string of the molecule is O=C(C=Cc1cccc([N+](=O)[O-])c1)NCC(O)C(=O)O. The van der Waals surface area contributed by atoms with Gasteiger partial charge in [0.2, 0.25) is 5.91 Å². The number of benzene rings is 1. The van der Waals surface area contributed by atoms with Crippen LogP contribution in [0, 0.1) is 10.1 Å². The molecular formula is C12H12N2O6. The molecule has 0 aromatic heterocycles. The van der Waals surface area contributed by atoms with Crippen LogP contribution in [0.2, 0.25) is 0 Å². The van der Waals surface area contributed by atoms with Crippen LogP contribution >= 0.6 is 0 Å². The number of nitro groups is 1. The number of carbonyl (C=O) groups excluding carboxylic acids is 1. The molecule has 1 atom stereocenters. The van der Waals surface area contributed by atoms with E-state index in [0.29, 0.717) is 5.56 Å². The number of nitro benzene ring substituents is 1. The van der Waals surface area contributed by atoms with E-state index in [4.69, 9.17) is 10.2 Å². The normalized spacial score (nSPS) is 12.1. The summed E-state index contributed by atoms with van der Waals surface area (Å²) in [5.74, 6) is -2.05. The van der Waals surface area contributed by atoms with Crippen molar-refractivity contribution in [1.29, 1.82) is 0 Å². The van der Waals surface area contributed by atoms with Gasteiger partial charge in [-0.05, 0) is 11.6 Å². The van der Waals surface area contributed by atoms with Gasteiger partial charge in [0.15, 0.2) is 6.10 Å². The quantitative estimate of drug-likeness (QED) is 0.387. The third kappa shape index (κ3) is 4.86. The van der Waals surface area contributed by atoms with Crippen molar-refractivity contribution in [2.45, 2.75) is 6.10 Å². The van der Waals surface area contributed by atoms with Gasteiger partial charge >= 0.3 is 5.97 Å². The van der Waals surface area contributed by atoms with Gasteiger partial charge in [-0.2, -0.15) is 0 Å². The molecule has 8 nitrogen and oxygen atoms in total. The maximum Gasteiger partial charge on any atom is 0.334 e. The van der Waals surface area contributed by atoms with Crippen LogP contribution in [0.25, 0.3) is 6.08 Å². The lowest BCUT2D eigenvalue weighted by molar-refractivity contribution is -0.384. The largest absolute Gasteiger partial charge is 0.479 e. The van der Waals surface area contributed by atoms with Crippen LogP contribution in [-0.2, 0) is 9.59 Å². The molecule has 106 valence electrons. The summed E-state index contributed by atoms with van der Waals surface area (Å²) >= 11 is 0. The van der Waals surface area contributed by atoms with Crippen molar-refractivity contribution in [1.82, 2.24) is 5.32 Å². The third-order valence-corrected chi connectivity index (χ3v) is 2.26. The molecule has 8 heteroatoms. The van der Waals surface area contributed by atoms with E-state index in [0.717, 1.165) is 6.08 Å². The van der Waals surface area contributed by atoms with Crippen molar-refractivity contribution in [3.63, 3.8) is 0 Å². The number of non-ortho nitro benzene ring substituents is 1. The van der Waals surface area contributed by atoms with E-state index in [1.165, 1.54) is 24.3 Å². The standard InChI is InChI=1S/C12H12N2O6/c15-10(12(17)18)7-13-11(16)5-4-8-2-1-3-9(6-8)14(19)20/h1-6,10,15H,7H2,(H,13,16)(H,17,18). The number of carbonyl (C=O) groups is 2. The van der Waals surface area contributed by atoms with E-state index < -0.39 is 29.4 Å². The van der Waals surface area contributed by atoms with E-state index in [2.05, 4.69) is 5.32 Å². The maximum atomic E-state index is 11.3. The molecule has 0 spiro atoms. The molecular weight excluding hydrogens is 268 g/mol. The lowest BCUT2D eigenvalue weighted by atomic mass is 10.2. The zero-order valence-corrected chi connectivity index (χ0v) is 10.2. The van der Waals surface area contributed by atoms with Gasteiger partial charge in [0.05, 0.1) is 11.5 Å². The van der Waals surface area contributed by atoms with Crippen LogP contribution in [0.4, 0.5) is 5.69 Å². The monoisotopic (exact) mass is 280 g/mol. The molecule has 1 unspecified atom stereocenters. The Hall–Kier alpha value is -2.74. The van der Waals surface area contributed by atoms with Crippen molar-refractivity contribution in [2.24, 2.45) is 0 Å². The summed E-state index contributed by atoms with van der Waals surface area (Å²) in [6.07, 6.45) is 0.758. The number of aliphatic hydroxyl groups excluding tert-OH is 1. The molecule has 3 N–H and O–H groups in total. The van der Waals surface area contributed by atoms with E-state index in [9.17, 15) is 19.7 Å². The third-order valence-electron chi connectivity index (χ3n) is 2.26. The predicted octanol–water partition coefficient (Wildman–Crippen LogP) is 0.170. The Labute approximate surface area is 113 Å². The molecule has 1 aromatic carbocycles. The van der Waals surface area contributed by atoms with Crippen LogP contribution in [0.15, 0.2) is 30.3 Å². The summed E-state index contributed by atoms with van der Waals surface area (Å²) in [6.45, 7) is -0.423. The molecule has 1 amide bonds. The summed E-state index contributed by atoms with van der Waals surface area (Å²) < 4.78 is 0. The highest BCUT2D eigenvalue weighted by molar-refractivity contribution is 5.92. The van der Waals surface area contributed by atoms with Crippen molar-refractivity contribution in [2.75, 3.05) is 6.54 Å². The Bertz CT molecular complexity index is 555. The van der Waals surface area contributed by atoms with Gasteiger partial charge in [-0.1, -0.05) is 12.1 Å². The summed E-state index contributed by atoms with van der Waals surface area (Å²) in [7, 11) is 0. The lowest BCUT2D eigenvalue weighted by Crippen LogP contribution is -2.35. The number of rotatable bonds is 6. The molecule has 0 aliphatic heterocycles. The summed E-state index contributed by atoms with van der Waals surface area (Å²) in [6, 6.07) is 5.66. The summed E-state index contributed by atoms with van der Waals surface area (Å²) in [4.78, 5) is 31.6. The first-order chi connectivity index (χ1) is 9.40. The zero-order valence-electron chi connectivity index (χ0n) is 10.2. The number of amides is 1. The van der Waals surface area contributed by atoms with Crippen LogP contribution in [0.5, 0.6) is 0 Å². The molecule has 0 aliphatic carbocycles. The smallest absolute Gasteiger partial charge is 0.334 e. The number of aliphatic carboxylic acids is 1. The number of nitrogens with one attached hydrogen (secondary N) is 1. The molecule has 1 rings (SSSR count). The van der Waals surface area contributed by atoms with Crippen molar-refractivity contribution >= 4 is 23.6 Å². The second kappa shape index (κ2) is 7.00. The highest BCUT2D eigenvalue weighted by Gasteiger charge is 2.12. The molecule has 0 radical (unpaired) electrons. The van der Waals surface area contributed by atoms with Gasteiger partial charge < -0.3 is 15.5 Å². The molecule has 20 heavy (non-hydrogen) atoms. The average molecular weight is 280 g/mol. The Kier molecular flexibility index (Phi) is 5.36. The fourth-order valence-corrected chi connectivity index (χ4v) is 1.26. The minimum atomic E-state index is -1.68. The van der Waals surface area contributed by atoms with Gasteiger partial charge in [-0.3, -0.25) is 14.9 Å². The highest BCUT2D eigenvalue weighted by atomic mass is 16.6. The van der Waals surface area contributed by atoms with Crippen LogP contribution in [-0.4, -0.2) is 39.7 Å². The van der Waals surface area contributed by atoms with Crippen LogP contribution in [0.3, 0.4) is 0 Å². The Balaban J connectivity index is 2.59. The number of hydrogen-bond acceptors (Lipinski definition) is 5. The Morgan fingerprint density at radius 3 is 2.75 bits per heavy atom. The first-order valence-corrected chi connectivity index (χ1v) is 5.51. The number of aliphatic hydroxyl groups is 1. The number of nitrogens with zero attached hydrogens (tertiary/aromatic N) is 1. The van der Waals surface area contributed by atoms with Gasteiger partial charge in [0, 0.05) is 18.2 Å². The summed E-state index contributed by atoms with van der Waals surface area (Å²) in [5.41, 5.74) is 0.349. The average Bonchev–Trinajstić information content (AvgIpc) is 2.42. The second-order valence-corrected chi connectivity index (χ2v) is 3.78. The van der Waals surface area contributed by atoms with Gasteiger partial charge in [0.1, 0.15) is 0 Å². The van der Waals surface area contributed by atoms with Gasteiger partial charge in [0.25, 0.3) is 5.69 Å². The van der Waals surface area contributed by atoms with E-state index in [1.54, 1.807) is 6.07 Å². The van der Waals surface area contributed by atoms with Gasteiger partial charge in [-0.25, -0.2) is 4.79 Å². The minimum Gasteiger partial charge on any atom is -0.479 e.